The molecule has 0 aliphatic heterocycles. The molecule has 0 bridgehead atoms. The van der Waals surface area contributed by atoms with E-state index in [4.69, 9.17) is 4.98 Å². The van der Waals surface area contributed by atoms with Crippen molar-refractivity contribution in [2.75, 3.05) is 0 Å². The molecule has 0 amide bonds. The Hall–Kier alpha value is -7.04. The molecule has 0 saturated heterocycles. The molecule has 362 valence electrons. The third-order valence-electron chi connectivity index (χ3n) is 12.7. The maximum Gasteiger partial charge on any atom is 0.325 e. The monoisotopic (exact) mass is 1110 g/mol. The molecule has 0 atom stereocenters. The number of fused-ring (bicyclic) bond motifs is 7. The van der Waals surface area contributed by atoms with E-state index in [1.807, 2.05) is 66.1 Å². The SMILES string of the molecule is CC(C)(C)C(=[OH+])/C=C(\O)C(C)(C)C.CC(C)(C)c1ccnc(-c2[c-]ccc(-c3ccccc3)c2)c1.Cc1[c-]c(-c2nccc3c2ccc2c3ccc3c4ccccc4ccc32)cc(-c2ccccc2)c1.[Ir-3]. The van der Waals surface area contributed by atoms with Crippen LogP contribution in [0.3, 0.4) is 0 Å². The van der Waals surface area contributed by atoms with Gasteiger partial charge in [-0.25, -0.2) is 0 Å². The third-order valence-corrected chi connectivity index (χ3v) is 12.7. The van der Waals surface area contributed by atoms with Crippen LogP contribution in [0, 0.1) is 29.9 Å². The summed E-state index contributed by atoms with van der Waals surface area (Å²) in [4.78, 5) is 19.0. The fraction of sp³-hybridized carbons (Fsp3) is 0.197. The summed E-state index contributed by atoms with van der Waals surface area (Å²) in [5.74, 6) is 0.417. The molecule has 71 heavy (non-hydrogen) atoms. The number of aliphatic hydroxyl groups excluding tert-OH is 1. The van der Waals surface area contributed by atoms with E-state index in [1.54, 1.807) is 0 Å². The van der Waals surface area contributed by atoms with Crippen molar-refractivity contribution in [2.24, 2.45) is 10.8 Å². The van der Waals surface area contributed by atoms with Gasteiger partial charge in [0.25, 0.3) is 0 Å². The number of allylic oxidation sites excluding steroid dienone is 2. The minimum absolute atomic E-state index is 0. The number of benzene rings is 8. The summed E-state index contributed by atoms with van der Waals surface area (Å²) in [5, 5.41) is 19.7. The molecule has 0 saturated carbocycles. The summed E-state index contributed by atoms with van der Waals surface area (Å²) in [6.07, 6.45) is 5.26. The van der Waals surface area contributed by atoms with Crippen LogP contribution in [0.4, 0.5) is 0 Å². The van der Waals surface area contributed by atoms with Crippen molar-refractivity contribution in [1.29, 1.82) is 0 Å². The zero-order chi connectivity index (χ0) is 49.8. The second-order valence-corrected chi connectivity index (χ2v) is 21.1. The van der Waals surface area contributed by atoms with Crippen LogP contribution in [0.2, 0.25) is 0 Å². The van der Waals surface area contributed by atoms with Crippen LogP contribution < -0.4 is 0 Å². The summed E-state index contributed by atoms with van der Waals surface area (Å²) in [7, 11) is 0. The van der Waals surface area contributed by atoms with Crippen LogP contribution in [0.1, 0.15) is 73.4 Å². The zero-order valence-corrected chi connectivity index (χ0v) is 44.9. The first kappa shape index (κ1) is 51.8. The average Bonchev–Trinajstić information content (AvgIpc) is 3.35. The molecule has 0 aliphatic carbocycles. The number of hydrogen-bond donors (Lipinski definition) is 1. The van der Waals surface area contributed by atoms with Crippen LogP contribution in [-0.4, -0.2) is 25.7 Å². The standard InChI is InChI=1S/C34H22N.C21H20N.C11H20O2.Ir/c1-22-19-25(23-7-3-2-4-8-23)21-26(20-22)34-33-16-15-30-29-12-11-24-9-5-6-10-27(24)28(29)13-14-31(30)32(33)17-18-35-34;1-21(2,3)19-12-13-22-20(15-19)18-11-7-10-17(14-18)16-8-5-4-6-9-16;1-10(2,3)8(12)7-9(13)11(4,5)6;/h2-19,21H,1H3;4-10,12-15H,1-3H3;7,12H,1-6H3;/q2*-1;;-3/p+1/b;;8-7-;. The molecule has 10 rings (SSSR count). The Labute approximate surface area is 433 Å². The molecule has 0 aliphatic rings. The zero-order valence-electron chi connectivity index (χ0n) is 42.5. The molecule has 10 aromatic rings. The van der Waals surface area contributed by atoms with Crippen LogP contribution in [0.15, 0.2) is 194 Å². The number of carbonyl (C=O) groups excluding carboxylic acids is 1. The minimum Gasteiger partial charge on any atom is -3.00 e. The van der Waals surface area contributed by atoms with Gasteiger partial charge in [0.1, 0.15) is 5.76 Å². The summed E-state index contributed by atoms with van der Waals surface area (Å²) < 4.78 is 0. The molecular weight excluding hydrogens is 1040 g/mol. The van der Waals surface area contributed by atoms with Gasteiger partial charge in [0.15, 0.2) is 0 Å². The van der Waals surface area contributed by atoms with Gasteiger partial charge in [-0.15, -0.1) is 70.3 Å². The third kappa shape index (κ3) is 12.1. The minimum atomic E-state index is -0.306. The predicted molar refractivity (Wildman–Crippen MR) is 298 cm³/mol. The Morgan fingerprint density at radius 3 is 1.66 bits per heavy atom. The fourth-order valence-electron chi connectivity index (χ4n) is 8.46. The Kier molecular flexibility index (Phi) is 15.7. The summed E-state index contributed by atoms with van der Waals surface area (Å²) in [5.41, 5.74) is 10.7. The van der Waals surface area contributed by atoms with E-state index in [2.05, 4.69) is 203 Å². The smallest absolute Gasteiger partial charge is 0.325 e. The number of rotatable bonds is 5. The predicted octanol–water partition coefficient (Wildman–Crippen LogP) is 17.7. The fourth-order valence-corrected chi connectivity index (χ4v) is 8.46. The van der Waals surface area contributed by atoms with Gasteiger partial charge in [0.05, 0.1) is 11.5 Å². The number of hydrogen-bond acceptors (Lipinski definition) is 3. The molecule has 2 N–H and O–H groups in total. The van der Waals surface area contributed by atoms with Crippen molar-refractivity contribution >= 4 is 48.9 Å². The molecule has 0 unspecified atom stereocenters. The Bertz CT molecular complexity index is 3520. The Morgan fingerprint density at radius 2 is 1.04 bits per heavy atom. The normalized spacial score (nSPS) is 11.9. The van der Waals surface area contributed by atoms with Gasteiger partial charge in [-0.3, -0.25) is 4.79 Å². The van der Waals surface area contributed by atoms with Crippen LogP contribution in [0.25, 0.3) is 87.9 Å². The Morgan fingerprint density at radius 1 is 0.507 bits per heavy atom. The van der Waals surface area contributed by atoms with Crippen molar-refractivity contribution in [3.8, 4) is 44.8 Å². The number of aliphatic hydroxyl groups is 1. The second kappa shape index (κ2) is 21.5. The van der Waals surface area contributed by atoms with Gasteiger partial charge in [-0.05, 0) is 109 Å². The maximum absolute atomic E-state index is 9.60. The van der Waals surface area contributed by atoms with Gasteiger partial charge in [0.2, 0.25) is 0 Å². The van der Waals surface area contributed by atoms with E-state index in [9.17, 15) is 9.90 Å². The molecular formula is C66H63IrN2O2-4. The number of nitrogens with zero attached hydrogens (tertiary/aromatic N) is 2. The van der Waals surface area contributed by atoms with Crippen LogP contribution >= 0.6 is 0 Å². The van der Waals surface area contributed by atoms with Crippen molar-refractivity contribution in [3.05, 3.63) is 217 Å². The van der Waals surface area contributed by atoms with Gasteiger partial charge in [0, 0.05) is 17.8 Å². The van der Waals surface area contributed by atoms with Gasteiger partial charge < -0.3 is 35.2 Å². The van der Waals surface area contributed by atoms with E-state index >= 15 is 0 Å². The van der Waals surface area contributed by atoms with Crippen LogP contribution in [-0.2, 0) is 25.5 Å². The largest absolute Gasteiger partial charge is 3.00 e. The first-order chi connectivity index (χ1) is 33.3. The summed E-state index contributed by atoms with van der Waals surface area (Å²) >= 11 is 0. The number of ketones is 1. The molecule has 5 heteroatoms. The van der Waals surface area contributed by atoms with E-state index in [1.165, 1.54) is 71.6 Å². The second-order valence-electron chi connectivity index (χ2n) is 21.1. The molecule has 4 nitrogen and oxygen atoms in total. The quantitative estimate of drug-likeness (QED) is 0.0614. The Balaban J connectivity index is 0.000000177. The van der Waals surface area contributed by atoms with E-state index in [0.717, 1.165) is 33.5 Å². The first-order valence-electron chi connectivity index (χ1n) is 24.1. The molecule has 0 spiro atoms. The molecule has 0 fully saturated rings. The van der Waals surface area contributed by atoms with Crippen molar-refractivity contribution < 1.29 is 30.0 Å². The molecule has 2 heterocycles. The first-order valence-corrected chi connectivity index (χ1v) is 24.1. The number of pyridine rings is 2. The van der Waals surface area contributed by atoms with Crippen LogP contribution in [0.5, 0.6) is 0 Å². The van der Waals surface area contributed by atoms with Gasteiger partial charge >= 0.3 is 5.78 Å². The molecule has 8 aromatic carbocycles. The van der Waals surface area contributed by atoms with E-state index in [-0.39, 0.29) is 47.9 Å². The van der Waals surface area contributed by atoms with Crippen molar-refractivity contribution in [3.63, 3.8) is 0 Å². The summed E-state index contributed by atoms with van der Waals surface area (Å²) in [6.45, 7) is 20.1. The molecule has 0 radical (unpaired) electrons. The topological polar surface area (TPSA) is 67.4 Å². The van der Waals surface area contributed by atoms with E-state index < -0.39 is 0 Å². The van der Waals surface area contributed by atoms with Gasteiger partial charge in [-0.2, -0.15) is 0 Å². The van der Waals surface area contributed by atoms with Crippen molar-refractivity contribution in [2.45, 2.75) is 74.7 Å². The summed E-state index contributed by atoms with van der Waals surface area (Å²) in [6, 6.07) is 66.9. The molecule has 2 aromatic heterocycles. The van der Waals surface area contributed by atoms with Crippen molar-refractivity contribution in [1.82, 2.24) is 9.97 Å². The average molecular weight is 1110 g/mol. The van der Waals surface area contributed by atoms with Gasteiger partial charge in [-0.1, -0.05) is 176 Å². The number of aryl methyl sites for hydroxylation is 1. The van der Waals surface area contributed by atoms with E-state index in [0.29, 0.717) is 0 Å². The number of aromatic nitrogens is 2. The maximum atomic E-state index is 9.60.